The van der Waals surface area contributed by atoms with Crippen molar-refractivity contribution in [2.75, 3.05) is 50.5 Å². The predicted octanol–water partition coefficient (Wildman–Crippen LogP) is 4.06. The third-order valence-corrected chi connectivity index (χ3v) is 6.38. The highest BCUT2D eigenvalue weighted by molar-refractivity contribution is 5.81. The highest BCUT2D eigenvalue weighted by Crippen LogP contribution is 2.32. The Morgan fingerprint density at radius 3 is 2.51 bits per heavy atom. The number of carbonyl (C=O) groups excluding carboxylic acids is 1. The topological polar surface area (TPSA) is 64.6 Å². The maximum Gasteiger partial charge on any atom is 0.416 e. The zero-order valence-electron chi connectivity index (χ0n) is 21.0. The molecule has 0 saturated carbocycles. The van der Waals surface area contributed by atoms with Crippen molar-refractivity contribution in [1.82, 2.24) is 19.8 Å². The van der Waals surface area contributed by atoms with Gasteiger partial charge in [0.25, 0.3) is 0 Å². The Morgan fingerprint density at radius 2 is 1.78 bits per heavy atom. The van der Waals surface area contributed by atoms with Crippen LogP contribution >= 0.6 is 0 Å². The molecule has 0 bridgehead atoms. The van der Waals surface area contributed by atoms with Gasteiger partial charge >= 0.3 is 6.18 Å². The van der Waals surface area contributed by atoms with Crippen molar-refractivity contribution in [2.45, 2.75) is 25.7 Å². The molecule has 2 heterocycles. The van der Waals surface area contributed by atoms with Gasteiger partial charge in [0.15, 0.2) is 0 Å². The standard InChI is InChI=1S/C27H31F3N6O/c1-34(2)15-16-35(19-21-7-3-4-9-23(21)27(28,29)30)25(37)17-33-24-10-5-8-20-18-36(14-11-22(20)24)26-31-12-6-13-32-26/h3-10,12-13,33H,11,14-19H2,1-2H3. The quantitative estimate of drug-likeness (QED) is 0.467. The summed E-state index contributed by atoms with van der Waals surface area (Å²) in [6.45, 7) is 2.14. The van der Waals surface area contributed by atoms with E-state index < -0.39 is 11.7 Å². The summed E-state index contributed by atoms with van der Waals surface area (Å²) < 4.78 is 40.6. The van der Waals surface area contributed by atoms with Gasteiger partial charge in [-0.05, 0) is 55.4 Å². The van der Waals surface area contributed by atoms with Crippen molar-refractivity contribution in [3.63, 3.8) is 0 Å². The number of amides is 1. The second-order valence-corrected chi connectivity index (χ2v) is 9.29. The van der Waals surface area contributed by atoms with Crippen LogP contribution in [-0.2, 0) is 30.5 Å². The third kappa shape index (κ3) is 6.76. The van der Waals surface area contributed by atoms with E-state index in [0.29, 0.717) is 25.6 Å². The Morgan fingerprint density at radius 1 is 1.03 bits per heavy atom. The molecule has 0 radical (unpaired) electrons. The van der Waals surface area contributed by atoms with Gasteiger partial charge in [0.2, 0.25) is 11.9 Å². The number of nitrogens with zero attached hydrogens (tertiary/aromatic N) is 5. The zero-order chi connectivity index (χ0) is 26.4. The number of carbonyl (C=O) groups is 1. The summed E-state index contributed by atoms with van der Waals surface area (Å²) in [6, 6.07) is 13.1. The highest BCUT2D eigenvalue weighted by atomic mass is 19.4. The van der Waals surface area contributed by atoms with Crippen molar-refractivity contribution < 1.29 is 18.0 Å². The summed E-state index contributed by atoms with van der Waals surface area (Å²) >= 11 is 0. The minimum Gasteiger partial charge on any atom is -0.376 e. The van der Waals surface area contributed by atoms with Crippen molar-refractivity contribution >= 4 is 17.5 Å². The number of rotatable bonds is 9. The molecule has 0 saturated heterocycles. The Bertz CT molecular complexity index is 1200. The molecule has 10 heteroatoms. The van der Waals surface area contributed by atoms with Gasteiger partial charge in [0, 0.05) is 50.8 Å². The van der Waals surface area contributed by atoms with Crippen LogP contribution in [-0.4, -0.2) is 65.9 Å². The monoisotopic (exact) mass is 512 g/mol. The van der Waals surface area contributed by atoms with Crippen LogP contribution in [0.4, 0.5) is 24.8 Å². The van der Waals surface area contributed by atoms with Crippen LogP contribution in [0.5, 0.6) is 0 Å². The van der Waals surface area contributed by atoms with Gasteiger partial charge in [-0.15, -0.1) is 0 Å². The minimum atomic E-state index is -4.48. The van der Waals surface area contributed by atoms with Crippen LogP contribution < -0.4 is 10.2 Å². The molecule has 0 atom stereocenters. The molecule has 1 aliphatic rings. The molecule has 0 unspecified atom stereocenters. The second kappa shape index (κ2) is 11.6. The summed E-state index contributed by atoms with van der Waals surface area (Å²) in [7, 11) is 3.73. The normalized spacial score (nSPS) is 13.4. The molecule has 1 aromatic heterocycles. The fourth-order valence-corrected chi connectivity index (χ4v) is 4.44. The predicted molar refractivity (Wildman–Crippen MR) is 137 cm³/mol. The summed E-state index contributed by atoms with van der Waals surface area (Å²) in [6.07, 6.45) is -0.283. The average molecular weight is 513 g/mol. The van der Waals surface area contributed by atoms with E-state index in [9.17, 15) is 18.0 Å². The van der Waals surface area contributed by atoms with Crippen LogP contribution in [0.1, 0.15) is 22.3 Å². The number of likely N-dealkylation sites (N-methyl/N-ethyl adjacent to an activating group) is 1. The van der Waals surface area contributed by atoms with Crippen molar-refractivity contribution in [3.8, 4) is 0 Å². The van der Waals surface area contributed by atoms with Crippen molar-refractivity contribution in [2.24, 2.45) is 0 Å². The molecule has 4 rings (SSSR count). The number of aromatic nitrogens is 2. The second-order valence-electron chi connectivity index (χ2n) is 9.29. The molecular formula is C27H31F3N6O. The molecule has 0 fully saturated rings. The SMILES string of the molecule is CN(C)CCN(Cc1ccccc1C(F)(F)F)C(=O)CNc1cccc2c1CCN(c1ncccn1)C2. The van der Waals surface area contributed by atoms with Crippen LogP contribution in [0.25, 0.3) is 0 Å². The number of anilines is 2. The molecular weight excluding hydrogens is 481 g/mol. The number of hydrogen-bond donors (Lipinski definition) is 1. The number of nitrogens with one attached hydrogen (secondary N) is 1. The summed E-state index contributed by atoms with van der Waals surface area (Å²) in [4.78, 5) is 27.4. The van der Waals surface area contributed by atoms with Gasteiger partial charge in [0.05, 0.1) is 12.1 Å². The molecule has 2 aromatic carbocycles. The average Bonchev–Trinajstić information content (AvgIpc) is 2.89. The molecule has 0 spiro atoms. The number of halogens is 3. The van der Waals surface area contributed by atoms with Crippen LogP contribution in [0.2, 0.25) is 0 Å². The number of alkyl halides is 3. The first-order valence-corrected chi connectivity index (χ1v) is 12.2. The maximum atomic E-state index is 13.5. The molecule has 1 N–H and O–H groups in total. The Balaban J connectivity index is 1.46. The Kier molecular flexibility index (Phi) is 8.27. The van der Waals surface area contributed by atoms with Crippen molar-refractivity contribution in [3.05, 3.63) is 83.2 Å². The fraction of sp³-hybridized carbons (Fsp3) is 0.370. The Labute approximate surface area is 214 Å². The van der Waals surface area contributed by atoms with Gasteiger partial charge < -0.3 is 20.0 Å². The lowest BCUT2D eigenvalue weighted by Gasteiger charge is -2.30. The van der Waals surface area contributed by atoms with E-state index in [4.69, 9.17) is 0 Å². The van der Waals surface area contributed by atoms with Crippen molar-refractivity contribution in [1.29, 1.82) is 0 Å². The van der Waals surface area contributed by atoms with E-state index in [2.05, 4.69) is 26.3 Å². The summed E-state index contributed by atoms with van der Waals surface area (Å²) in [5.74, 6) is 0.420. The van der Waals surface area contributed by atoms with E-state index in [0.717, 1.165) is 35.8 Å². The lowest BCUT2D eigenvalue weighted by Crippen LogP contribution is -2.40. The van der Waals surface area contributed by atoms with Gasteiger partial charge in [-0.2, -0.15) is 13.2 Å². The fourth-order valence-electron chi connectivity index (χ4n) is 4.44. The molecule has 3 aromatic rings. The van der Waals surface area contributed by atoms with E-state index in [1.807, 2.05) is 31.1 Å². The number of fused-ring (bicyclic) bond motifs is 1. The molecule has 1 aliphatic heterocycles. The Hall–Kier alpha value is -3.66. The summed E-state index contributed by atoms with van der Waals surface area (Å²) in [5, 5.41) is 3.25. The molecule has 37 heavy (non-hydrogen) atoms. The largest absolute Gasteiger partial charge is 0.416 e. The molecule has 196 valence electrons. The number of hydrogen-bond acceptors (Lipinski definition) is 6. The van der Waals surface area contributed by atoms with Gasteiger partial charge in [0.1, 0.15) is 0 Å². The highest BCUT2D eigenvalue weighted by Gasteiger charge is 2.33. The van der Waals surface area contributed by atoms with E-state index in [1.54, 1.807) is 24.5 Å². The zero-order valence-corrected chi connectivity index (χ0v) is 21.0. The van der Waals surface area contributed by atoms with E-state index in [1.165, 1.54) is 17.0 Å². The lowest BCUT2D eigenvalue weighted by molar-refractivity contribution is -0.139. The lowest BCUT2D eigenvalue weighted by atomic mass is 9.98. The van der Waals surface area contributed by atoms with Gasteiger partial charge in [-0.1, -0.05) is 30.3 Å². The van der Waals surface area contributed by atoms with Gasteiger partial charge in [-0.25, -0.2) is 9.97 Å². The first-order valence-electron chi connectivity index (χ1n) is 12.2. The van der Waals surface area contributed by atoms with E-state index in [-0.39, 0.29) is 24.6 Å². The first-order chi connectivity index (χ1) is 17.7. The first kappa shape index (κ1) is 26.4. The molecule has 7 nitrogen and oxygen atoms in total. The maximum absolute atomic E-state index is 13.5. The minimum absolute atomic E-state index is 0.0103. The molecule has 1 amide bonds. The van der Waals surface area contributed by atoms with Gasteiger partial charge in [-0.3, -0.25) is 4.79 Å². The smallest absolute Gasteiger partial charge is 0.376 e. The third-order valence-electron chi connectivity index (χ3n) is 6.38. The van der Waals surface area contributed by atoms with Crippen LogP contribution in [0, 0.1) is 0 Å². The summed E-state index contributed by atoms with van der Waals surface area (Å²) in [5.41, 5.74) is 2.49. The van der Waals surface area contributed by atoms with Crippen LogP contribution in [0.3, 0.4) is 0 Å². The number of benzene rings is 2. The van der Waals surface area contributed by atoms with E-state index >= 15 is 0 Å². The van der Waals surface area contributed by atoms with Crippen LogP contribution in [0.15, 0.2) is 60.9 Å². The molecule has 0 aliphatic carbocycles.